The predicted molar refractivity (Wildman–Crippen MR) is 85.1 cm³/mol. The molecule has 4 fully saturated rings. The second kappa shape index (κ2) is 3.38. The summed E-state index contributed by atoms with van der Waals surface area (Å²) in [6, 6.07) is 16.0. The lowest BCUT2D eigenvalue weighted by Gasteiger charge is -2.36. The number of hydrogen-bond acceptors (Lipinski definition) is 3. The Balaban J connectivity index is 1.68. The summed E-state index contributed by atoms with van der Waals surface area (Å²) < 4.78 is 0. The van der Waals surface area contributed by atoms with Gasteiger partial charge >= 0.3 is 0 Å². The molecule has 3 unspecified atom stereocenters. The predicted octanol–water partition coefficient (Wildman–Crippen LogP) is 3.79. The number of hydrogen-bond donors (Lipinski definition) is 0. The number of nitriles is 3. The van der Waals surface area contributed by atoms with Gasteiger partial charge in [-0.05, 0) is 60.0 Å². The zero-order valence-electron chi connectivity index (χ0n) is 13.4. The average molecular weight is 311 g/mol. The Morgan fingerprint density at radius 1 is 1.00 bits per heavy atom. The molecule has 6 atom stereocenters. The minimum atomic E-state index is -0.878. The molecular formula is C21H17N3. The summed E-state index contributed by atoms with van der Waals surface area (Å²) in [7, 11) is 0. The van der Waals surface area contributed by atoms with Gasteiger partial charge in [-0.3, -0.25) is 0 Å². The van der Waals surface area contributed by atoms with Crippen molar-refractivity contribution in [1.82, 2.24) is 0 Å². The normalized spacial score (nSPS) is 50.0. The van der Waals surface area contributed by atoms with Crippen molar-refractivity contribution >= 4 is 0 Å². The standard InChI is InChI=1S/C21H17N3/c22-10-18(11-23)8-19-7-3-6-15(19)16-13-4-1-2-5-14(13)20(12-24)17(16)21(19,20)9-18/h1-2,4-5,15-17H,3,6-9H2/t15?,16-,17+,19?,20+,21?/m1/s1. The van der Waals surface area contributed by atoms with E-state index in [1.54, 1.807) is 0 Å². The minimum absolute atomic E-state index is 0.0442. The third-order valence-electron chi connectivity index (χ3n) is 8.69. The van der Waals surface area contributed by atoms with E-state index in [0.29, 0.717) is 30.6 Å². The summed E-state index contributed by atoms with van der Waals surface area (Å²) >= 11 is 0. The molecule has 24 heavy (non-hydrogen) atoms. The third-order valence-corrected chi connectivity index (χ3v) is 8.69. The van der Waals surface area contributed by atoms with E-state index >= 15 is 0 Å². The number of benzene rings is 1. The highest BCUT2D eigenvalue weighted by Gasteiger charge is 2.97. The first-order valence-electron chi connectivity index (χ1n) is 9.00. The SMILES string of the molecule is N#CC1(C#N)CC23CCCC2[C@H]2c4ccccc4[C@@]4(C#N)[C@H]2C34C1. The van der Waals surface area contributed by atoms with Gasteiger partial charge in [-0.1, -0.05) is 30.7 Å². The van der Waals surface area contributed by atoms with Crippen LogP contribution >= 0.6 is 0 Å². The van der Waals surface area contributed by atoms with Crippen LogP contribution in [0.15, 0.2) is 24.3 Å². The van der Waals surface area contributed by atoms with Crippen molar-refractivity contribution in [2.24, 2.45) is 28.1 Å². The average Bonchev–Trinajstić information content (AvgIpc) is 3.00. The monoisotopic (exact) mass is 311 g/mol. The molecule has 1 aromatic rings. The maximum Gasteiger partial charge on any atom is 0.145 e. The van der Waals surface area contributed by atoms with E-state index in [1.165, 1.54) is 24.0 Å². The van der Waals surface area contributed by atoms with Gasteiger partial charge in [-0.25, -0.2) is 0 Å². The van der Waals surface area contributed by atoms with Crippen molar-refractivity contribution in [2.45, 2.75) is 43.4 Å². The Kier molecular flexibility index (Phi) is 1.84. The number of rotatable bonds is 0. The summed E-state index contributed by atoms with van der Waals surface area (Å²) in [4.78, 5) is 0. The summed E-state index contributed by atoms with van der Waals surface area (Å²) in [5.41, 5.74) is 1.25. The van der Waals surface area contributed by atoms with E-state index in [9.17, 15) is 15.8 Å². The Hall–Kier alpha value is -2.31. The molecule has 4 saturated carbocycles. The summed E-state index contributed by atoms with van der Waals surface area (Å²) in [5, 5.41) is 29.9. The van der Waals surface area contributed by atoms with Crippen LogP contribution in [0.25, 0.3) is 0 Å². The lowest BCUT2D eigenvalue weighted by Crippen LogP contribution is -2.33. The van der Waals surface area contributed by atoms with Gasteiger partial charge in [0.25, 0.3) is 0 Å². The molecule has 2 spiro atoms. The molecule has 6 rings (SSSR count). The molecule has 0 bridgehead atoms. The molecule has 1 aromatic carbocycles. The highest BCUT2D eigenvalue weighted by molar-refractivity contribution is 5.67. The lowest BCUT2D eigenvalue weighted by molar-refractivity contribution is 0.130. The van der Waals surface area contributed by atoms with Crippen LogP contribution in [-0.4, -0.2) is 0 Å². The summed E-state index contributed by atoms with van der Waals surface area (Å²) in [5.74, 6) is 1.40. The van der Waals surface area contributed by atoms with Crippen molar-refractivity contribution in [3.63, 3.8) is 0 Å². The smallest absolute Gasteiger partial charge is 0.145 e. The lowest BCUT2D eigenvalue weighted by atomic mass is 9.65. The Morgan fingerprint density at radius 2 is 1.79 bits per heavy atom. The zero-order chi connectivity index (χ0) is 16.4. The first-order valence-corrected chi connectivity index (χ1v) is 9.00. The highest BCUT2D eigenvalue weighted by Crippen LogP contribution is 2.98. The van der Waals surface area contributed by atoms with Crippen LogP contribution in [0, 0.1) is 62.1 Å². The van der Waals surface area contributed by atoms with Crippen LogP contribution in [0.4, 0.5) is 0 Å². The Labute approximate surface area is 141 Å². The highest BCUT2D eigenvalue weighted by atomic mass is 15.0. The van der Waals surface area contributed by atoms with Crippen LogP contribution in [0.5, 0.6) is 0 Å². The van der Waals surface area contributed by atoms with Gasteiger partial charge in [0.05, 0.1) is 23.6 Å². The van der Waals surface area contributed by atoms with E-state index in [4.69, 9.17) is 0 Å². The van der Waals surface area contributed by atoms with Crippen molar-refractivity contribution in [1.29, 1.82) is 15.8 Å². The van der Waals surface area contributed by atoms with Crippen LogP contribution in [0.2, 0.25) is 0 Å². The number of nitrogens with zero attached hydrogens (tertiary/aromatic N) is 3. The van der Waals surface area contributed by atoms with Crippen LogP contribution < -0.4 is 0 Å². The Bertz CT molecular complexity index is 929. The topological polar surface area (TPSA) is 71.4 Å². The second-order valence-corrected chi connectivity index (χ2v) is 8.80. The van der Waals surface area contributed by atoms with Crippen molar-refractivity contribution in [3.05, 3.63) is 35.4 Å². The fraction of sp³-hybridized carbons (Fsp3) is 0.571. The van der Waals surface area contributed by atoms with E-state index in [0.717, 1.165) is 6.42 Å². The van der Waals surface area contributed by atoms with Crippen molar-refractivity contribution in [2.75, 3.05) is 0 Å². The largest absolute Gasteiger partial charge is 0.197 e. The first-order chi connectivity index (χ1) is 11.7. The van der Waals surface area contributed by atoms with Crippen LogP contribution in [-0.2, 0) is 5.41 Å². The van der Waals surface area contributed by atoms with Crippen LogP contribution in [0.1, 0.15) is 49.1 Å². The van der Waals surface area contributed by atoms with E-state index in [-0.39, 0.29) is 10.8 Å². The van der Waals surface area contributed by atoms with Gasteiger partial charge in [0.15, 0.2) is 0 Å². The maximum atomic E-state index is 10.3. The molecule has 5 aliphatic rings. The van der Waals surface area contributed by atoms with Gasteiger partial charge in [-0.2, -0.15) is 15.8 Å². The molecule has 0 aliphatic heterocycles. The van der Waals surface area contributed by atoms with Gasteiger partial charge in [0, 0.05) is 5.41 Å². The molecule has 116 valence electrons. The fourth-order valence-electron chi connectivity index (χ4n) is 8.50. The van der Waals surface area contributed by atoms with E-state index < -0.39 is 10.8 Å². The van der Waals surface area contributed by atoms with Crippen molar-refractivity contribution < 1.29 is 0 Å². The zero-order valence-corrected chi connectivity index (χ0v) is 13.4. The molecule has 0 radical (unpaired) electrons. The first kappa shape index (κ1) is 13.0. The second-order valence-electron chi connectivity index (χ2n) is 8.80. The maximum absolute atomic E-state index is 10.3. The van der Waals surface area contributed by atoms with Gasteiger partial charge < -0.3 is 0 Å². The quantitative estimate of drug-likeness (QED) is 0.732. The molecule has 0 saturated heterocycles. The van der Waals surface area contributed by atoms with E-state index in [1.807, 2.05) is 6.07 Å². The summed E-state index contributed by atoms with van der Waals surface area (Å²) in [6.07, 6.45) is 4.81. The molecule has 0 N–H and O–H groups in total. The fourth-order valence-corrected chi connectivity index (χ4v) is 8.50. The molecule has 3 nitrogen and oxygen atoms in total. The third kappa shape index (κ3) is 0.874. The molecule has 3 heteroatoms. The number of fused-ring (bicyclic) bond motifs is 4. The van der Waals surface area contributed by atoms with Gasteiger partial charge in [0.1, 0.15) is 5.41 Å². The minimum Gasteiger partial charge on any atom is -0.197 e. The van der Waals surface area contributed by atoms with Crippen molar-refractivity contribution in [3.8, 4) is 18.2 Å². The Morgan fingerprint density at radius 3 is 2.54 bits per heavy atom. The summed E-state index contributed by atoms with van der Waals surface area (Å²) in [6.45, 7) is 0. The molecule has 0 heterocycles. The van der Waals surface area contributed by atoms with E-state index in [2.05, 4.69) is 36.4 Å². The molecular weight excluding hydrogens is 294 g/mol. The van der Waals surface area contributed by atoms with Gasteiger partial charge in [0.2, 0.25) is 0 Å². The molecule has 5 aliphatic carbocycles. The van der Waals surface area contributed by atoms with Gasteiger partial charge in [-0.15, -0.1) is 0 Å². The van der Waals surface area contributed by atoms with Crippen LogP contribution in [0.3, 0.4) is 0 Å². The molecule has 0 amide bonds. The molecule has 0 aromatic heterocycles.